The van der Waals surface area contributed by atoms with Crippen LogP contribution < -0.4 is 0 Å². The van der Waals surface area contributed by atoms with E-state index in [9.17, 15) is 24.6 Å². The minimum Gasteiger partial charge on any atom is -0.463 e. The van der Waals surface area contributed by atoms with Crippen molar-refractivity contribution in [2.24, 2.45) is 17.8 Å². The number of ketones is 1. The van der Waals surface area contributed by atoms with Crippen LogP contribution >= 0.6 is 0 Å². The van der Waals surface area contributed by atoms with Crippen molar-refractivity contribution in [1.29, 1.82) is 0 Å². The SMILES string of the molecule is CCCCC[C@H](O)/C=C/[C@H]1C(=O)C=C[C@@H]1C/C=C\CCCC(=O)OC[C@H](O)COC(=O)CCCCCCCCCCCCCCCCC(C)CC. The average Bonchev–Trinajstić information content (AvgIpc) is 3.48. The fourth-order valence-corrected chi connectivity index (χ4v) is 6.46. The van der Waals surface area contributed by atoms with Gasteiger partial charge in [-0.15, -0.1) is 0 Å². The number of rotatable bonds is 34. The van der Waals surface area contributed by atoms with Crippen LogP contribution in [0.1, 0.15) is 181 Å². The first kappa shape index (κ1) is 46.8. The minimum atomic E-state index is -1.03. The number of hydrogen-bond acceptors (Lipinski definition) is 7. The Morgan fingerprint density at radius 2 is 1.25 bits per heavy atom. The first-order chi connectivity index (χ1) is 24.8. The number of allylic oxidation sites excluding steroid dienone is 5. The summed E-state index contributed by atoms with van der Waals surface area (Å²) in [5.41, 5.74) is 0. The Morgan fingerprint density at radius 1 is 0.725 bits per heavy atom. The van der Waals surface area contributed by atoms with Crippen LogP contribution in [0.2, 0.25) is 0 Å². The van der Waals surface area contributed by atoms with Crippen LogP contribution in [0.4, 0.5) is 0 Å². The lowest BCUT2D eigenvalue weighted by Crippen LogP contribution is -2.25. The summed E-state index contributed by atoms with van der Waals surface area (Å²) in [6, 6.07) is 0. The van der Waals surface area contributed by atoms with Gasteiger partial charge in [0.2, 0.25) is 0 Å². The molecule has 51 heavy (non-hydrogen) atoms. The molecule has 5 atom stereocenters. The van der Waals surface area contributed by atoms with E-state index < -0.39 is 12.2 Å². The minimum absolute atomic E-state index is 0.0746. The molecule has 0 heterocycles. The summed E-state index contributed by atoms with van der Waals surface area (Å²) in [4.78, 5) is 36.4. The molecule has 7 heteroatoms. The first-order valence-electron chi connectivity index (χ1n) is 21.0. The first-order valence-corrected chi connectivity index (χ1v) is 21.0. The van der Waals surface area contributed by atoms with E-state index in [1.165, 1.54) is 83.5 Å². The predicted molar refractivity (Wildman–Crippen MR) is 209 cm³/mol. The molecule has 1 unspecified atom stereocenters. The zero-order valence-corrected chi connectivity index (χ0v) is 32.9. The van der Waals surface area contributed by atoms with Crippen molar-refractivity contribution < 1.29 is 34.1 Å². The van der Waals surface area contributed by atoms with Gasteiger partial charge < -0.3 is 19.7 Å². The number of aliphatic hydroxyl groups is 2. The van der Waals surface area contributed by atoms with Crippen LogP contribution in [0, 0.1) is 17.8 Å². The van der Waals surface area contributed by atoms with Crippen LogP contribution in [0.15, 0.2) is 36.5 Å². The van der Waals surface area contributed by atoms with Gasteiger partial charge in [-0.3, -0.25) is 14.4 Å². The number of unbranched alkanes of at least 4 members (excludes halogenated alkanes) is 16. The Bertz CT molecular complexity index is 971. The van der Waals surface area contributed by atoms with Gasteiger partial charge in [-0.05, 0) is 50.0 Å². The lowest BCUT2D eigenvalue weighted by Gasteiger charge is -2.13. The van der Waals surface area contributed by atoms with Crippen molar-refractivity contribution in [1.82, 2.24) is 0 Å². The van der Waals surface area contributed by atoms with Gasteiger partial charge in [0, 0.05) is 18.8 Å². The van der Waals surface area contributed by atoms with Gasteiger partial charge >= 0.3 is 11.9 Å². The fraction of sp³-hybridized carbons (Fsp3) is 0.795. The van der Waals surface area contributed by atoms with Crippen LogP contribution in [-0.2, 0) is 23.9 Å². The molecule has 1 rings (SSSR count). The Morgan fingerprint density at radius 3 is 1.82 bits per heavy atom. The molecule has 1 aliphatic rings. The molecule has 0 aromatic rings. The standard InChI is InChI=1S/C44H76O7/c1-4-6-21-28-39(45)32-33-41-38(31-34-42(41)47)27-23-19-20-25-30-44(49)51-36-40(46)35-50-43(48)29-24-18-16-14-12-10-8-7-9-11-13-15-17-22-26-37(3)5-2/h19,23,31-34,37-41,45-46H,4-18,20-22,24-30,35-36H2,1-3H3/b23-19-,33-32+/t37?,38-,39-,40+,41+/m0/s1. The summed E-state index contributed by atoms with van der Waals surface area (Å²) < 4.78 is 10.3. The van der Waals surface area contributed by atoms with E-state index in [2.05, 4.69) is 20.8 Å². The quantitative estimate of drug-likeness (QED) is 0.0387. The van der Waals surface area contributed by atoms with E-state index in [1.54, 1.807) is 12.2 Å². The second kappa shape index (κ2) is 32.4. The molecule has 0 aromatic heterocycles. The number of aliphatic hydroxyl groups excluding tert-OH is 2. The lowest BCUT2D eigenvalue weighted by atomic mass is 9.90. The van der Waals surface area contributed by atoms with Crippen molar-refractivity contribution in [3.8, 4) is 0 Å². The molecular weight excluding hydrogens is 640 g/mol. The molecule has 0 aliphatic heterocycles. The van der Waals surface area contributed by atoms with Gasteiger partial charge in [0.05, 0.1) is 6.10 Å². The molecule has 7 nitrogen and oxygen atoms in total. The maximum absolute atomic E-state index is 12.3. The number of ether oxygens (including phenoxy) is 2. The largest absolute Gasteiger partial charge is 0.463 e. The topological polar surface area (TPSA) is 110 Å². The van der Waals surface area contributed by atoms with Crippen LogP contribution in [0.25, 0.3) is 0 Å². The molecule has 294 valence electrons. The number of hydrogen-bond donors (Lipinski definition) is 2. The van der Waals surface area contributed by atoms with Crippen molar-refractivity contribution in [2.75, 3.05) is 13.2 Å². The predicted octanol–water partition coefficient (Wildman–Crippen LogP) is 10.7. The molecule has 0 bridgehead atoms. The van der Waals surface area contributed by atoms with Gasteiger partial charge in [-0.25, -0.2) is 0 Å². The summed E-state index contributed by atoms with van der Waals surface area (Å²) in [7, 11) is 0. The number of carbonyl (C=O) groups is 3. The van der Waals surface area contributed by atoms with Crippen molar-refractivity contribution >= 4 is 17.7 Å². The number of carbonyl (C=O) groups excluding carboxylic acids is 3. The summed E-state index contributed by atoms with van der Waals surface area (Å²) in [6.45, 7) is 6.42. The molecule has 0 radical (unpaired) electrons. The summed E-state index contributed by atoms with van der Waals surface area (Å²) >= 11 is 0. The van der Waals surface area contributed by atoms with Crippen LogP contribution in [-0.4, -0.2) is 53.4 Å². The van der Waals surface area contributed by atoms with Gasteiger partial charge in [-0.2, -0.15) is 0 Å². The molecule has 0 saturated carbocycles. The summed E-state index contributed by atoms with van der Waals surface area (Å²) in [6.07, 6.45) is 36.8. The smallest absolute Gasteiger partial charge is 0.305 e. The van der Waals surface area contributed by atoms with E-state index in [1.807, 2.05) is 24.3 Å². The monoisotopic (exact) mass is 717 g/mol. The molecular formula is C44H76O7. The summed E-state index contributed by atoms with van der Waals surface area (Å²) in [5, 5.41) is 20.2. The molecule has 2 N–H and O–H groups in total. The highest BCUT2D eigenvalue weighted by molar-refractivity contribution is 5.95. The second-order valence-corrected chi connectivity index (χ2v) is 15.0. The Hall–Kier alpha value is -2.25. The molecule has 0 amide bonds. The van der Waals surface area contributed by atoms with Gasteiger partial charge in [0.15, 0.2) is 5.78 Å². The highest BCUT2D eigenvalue weighted by atomic mass is 16.6. The highest BCUT2D eigenvalue weighted by Gasteiger charge is 2.27. The van der Waals surface area contributed by atoms with E-state index in [0.29, 0.717) is 19.3 Å². The molecule has 0 spiro atoms. The normalized spacial score (nSPS) is 17.8. The third kappa shape index (κ3) is 27.1. The van der Waals surface area contributed by atoms with Crippen LogP contribution in [0.5, 0.6) is 0 Å². The highest BCUT2D eigenvalue weighted by Crippen LogP contribution is 2.27. The average molecular weight is 717 g/mol. The summed E-state index contributed by atoms with van der Waals surface area (Å²) in [5.74, 6) is 0.107. The Labute approximate surface area is 312 Å². The molecule has 0 fully saturated rings. The van der Waals surface area contributed by atoms with Gasteiger partial charge in [0.25, 0.3) is 0 Å². The molecule has 0 saturated heterocycles. The zero-order chi connectivity index (χ0) is 37.4. The number of esters is 2. The van der Waals surface area contributed by atoms with E-state index >= 15 is 0 Å². The van der Waals surface area contributed by atoms with E-state index in [-0.39, 0.29) is 49.2 Å². The maximum Gasteiger partial charge on any atom is 0.305 e. The third-order valence-corrected chi connectivity index (χ3v) is 10.2. The molecule has 0 aromatic carbocycles. The maximum atomic E-state index is 12.3. The molecule has 1 aliphatic carbocycles. The Kier molecular flexibility index (Phi) is 29.7. The van der Waals surface area contributed by atoms with Gasteiger partial charge in [-0.1, -0.05) is 167 Å². The zero-order valence-electron chi connectivity index (χ0n) is 32.9. The van der Waals surface area contributed by atoms with Gasteiger partial charge in [0.1, 0.15) is 19.3 Å². The van der Waals surface area contributed by atoms with Crippen molar-refractivity contribution in [3.63, 3.8) is 0 Å². The van der Waals surface area contributed by atoms with E-state index in [0.717, 1.165) is 57.3 Å². The van der Waals surface area contributed by atoms with E-state index in [4.69, 9.17) is 9.47 Å². The second-order valence-electron chi connectivity index (χ2n) is 15.0. The lowest BCUT2D eigenvalue weighted by molar-refractivity contribution is -0.152. The van der Waals surface area contributed by atoms with Crippen molar-refractivity contribution in [2.45, 2.75) is 193 Å². The Balaban J connectivity index is 1.96. The third-order valence-electron chi connectivity index (χ3n) is 10.2. The van der Waals surface area contributed by atoms with Crippen molar-refractivity contribution in [3.05, 3.63) is 36.5 Å². The van der Waals surface area contributed by atoms with Crippen LogP contribution in [0.3, 0.4) is 0 Å². The fourth-order valence-electron chi connectivity index (χ4n) is 6.46.